The van der Waals surface area contributed by atoms with E-state index in [4.69, 9.17) is 16.7 Å². The maximum atomic E-state index is 11.6. The van der Waals surface area contributed by atoms with E-state index < -0.39 is 22.1 Å². The molecule has 110 valence electrons. The van der Waals surface area contributed by atoms with Gasteiger partial charge in [-0.3, -0.25) is 0 Å². The molecular formula is C12H14ClNO5S. The van der Waals surface area contributed by atoms with Gasteiger partial charge < -0.3 is 9.84 Å². The number of hydrogen-bond donors (Lipinski definition) is 2. The zero-order valence-electron chi connectivity index (χ0n) is 10.6. The number of rotatable bonds is 7. The first-order valence-electron chi connectivity index (χ1n) is 5.53. The van der Waals surface area contributed by atoms with E-state index in [0.717, 1.165) is 5.41 Å². The molecule has 0 aliphatic heterocycles. The zero-order chi connectivity index (χ0) is 15.2. The molecule has 0 amide bonds. The van der Waals surface area contributed by atoms with Crippen LogP contribution in [0.2, 0.25) is 5.02 Å². The number of hydrogen-bond acceptors (Lipinski definition) is 4. The summed E-state index contributed by atoms with van der Waals surface area (Å²) in [7, 11) is -2.54. The number of halogens is 1. The van der Waals surface area contributed by atoms with Crippen molar-refractivity contribution in [3.8, 4) is 0 Å². The van der Waals surface area contributed by atoms with Crippen molar-refractivity contribution in [2.45, 2.75) is 6.10 Å². The molecule has 8 heteroatoms. The van der Waals surface area contributed by atoms with E-state index in [2.05, 4.69) is 9.46 Å². The number of sulfonamides is 1. The van der Waals surface area contributed by atoms with Gasteiger partial charge in [0.2, 0.25) is 10.0 Å². The van der Waals surface area contributed by atoms with Gasteiger partial charge in [-0.05, 0) is 23.8 Å². The Hall–Kier alpha value is -1.41. The van der Waals surface area contributed by atoms with E-state index in [9.17, 15) is 13.2 Å². The van der Waals surface area contributed by atoms with E-state index >= 15 is 0 Å². The second kappa shape index (κ2) is 7.39. The maximum absolute atomic E-state index is 11.6. The fraction of sp³-hybridized carbons (Fsp3) is 0.250. The highest BCUT2D eigenvalue weighted by molar-refractivity contribution is 7.92. The molecule has 1 atom stereocenters. The molecule has 0 aliphatic rings. The predicted molar refractivity (Wildman–Crippen MR) is 75.8 cm³/mol. The summed E-state index contributed by atoms with van der Waals surface area (Å²) >= 11 is 5.71. The Morgan fingerprint density at radius 2 is 2.05 bits per heavy atom. The summed E-state index contributed by atoms with van der Waals surface area (Å²) in [6.07, 6.45) is 0.148. The third kappa shape index (κ3) is 5.70. The van der Waals surface area contributed by atoms with Crippen LogP contribution >= 0.6 is 11.6 Å². The Morgan fingerprint density at radius 1 is 1.45 bits per heavy atom. The molecule has 1 aromatic rings. The molecule has 0 spiro atoms. The van der Waals surface area contributed by atoms with E-state index in [0.29, 0.717) is 10.6 Å². The van der Waals surface area contributed by atoms with Gasteiger partial charge in [0.05, 0.1) is 0 Å². The Labute approximate surface area is 122 Å². The van der Waals surface area contributed by atoms with E-state index in [1.54, 1.807) is 24.3 Å². The van der Waals surface area contributed by atoms with Crippen LogP contribution in [0.4, 0.5) is 0 Å². The molecule has 0 aliphatic carbocycles. The van der Waals surface area contributed by atoms with Crippen molar-refractivity contribution in [1.29, 1.82) is 0 Å². The van der Waals surface area contributed by atoms with Crippen LogP contribution in [0.15, 0.2) is 29.7 Å². The summed E-state index contributed by atoms with van der Waals surface area (Å²) in [5.41, 5.74) is 0.654. The average molecular weight is 320 g/mol. The van der Waals surface area contributed by atoms with Crippen LogP contribution in [0.25, 0.3) is 6.08 Å². The first-order valence-corrected chi connectivity index (χ1v) is 7.45. The maximum Gasteiger partial charge on any atom is 0.334 e. The van der Waals surface area contributed by atoms with Crippen LogP contribution < -0.4 is 4.72 Å². The average Bonchev–Trinajstić information content (AvgIpc) is 2.38. The number of benzene rings is 1. The summed E-state index contributed by atoms with van der Waals surface area (Å²) < 4.78 is 30.0. The number of carboxylic acid groups (broad SMARTS) is 1. The molecule has 0 heterocycles. The molecule has 2 N–H and O–H groups in total. The molecule has 0 aromatic heterocycles. The van der Waals surface area contributed by atoms with E-state index in [-0.39, 0.29) is 6.54 Å². The number of carbonyl (C=O) groups is 1. The van der Waals surface area contributed by atoms with Crippen molar-refractivity contribution in [3.63, 3.8) is 0 Å². The molecule has 0 bridgehead atoms. The van der Waals surface area contributed by atoms with Gasteiger partial charge in [-0.15, -0.1) is 0 Å². The molecule has 0 saturated carbocycles. The molecule has 1 rings (SSSR count). The first kappa shape index (κ1) is 16.6. The van der Waals surface area contributed by atoms with Crippen molar-refractivity contribution in [1.82, 2.24) is 4.72 Å². The molecule has 0 fully saturated rings. The quantitative estimate of drug-likeness (QED) is 0.791. The summed E-state index contributed by atoms with van der Waals surface area (Å²) in [6.45, 7) is -0.348. The molecule has 0 radical (unpaired) electrons. The van der Waals surface area contributed by atoms with Gasteiger partial charge in [-0.1, -0.05) is 23.7 Å². The summed E-state index contributed by atoms with van der Waals surface area (Å²) in [6, 6.07) is 6.58. The van der Waals surface area contributed by atoms with Crippen LogP contribution in [-0.2, 0) is 19.6 Å². The standard InChI is InChI=1S/C12H14ClNO5S/c1-19-11(12(15)16)8-14-20(17,18)7-6-9-2-4-10(13)5-3-9/h2-7,11,14H,8H2,1H3,(H,15,16)/b7-6+. The van der Waals surface area contributed by atoms with Crippen LogP contribution in [0.1, 0.15) is 5.56 Å². The lowest BCUT2D eigenvalue weighted by Crippen LogP contribution is -2.37. The molecule has 1 aromatic carbocycles. The summed E-state index contributed by atoms with van der Waals surface area (Å²) in [4.78, 5) is 10.7. The highest BCUT2D eigenvalue weighted by Crippen LogP contribution is 2.11. The number of aliphatic carboxylic acids is 1. The fourth-order valence-corrected chi connectivity index (χ4v) is 2.20. The molecular weight excluding hydrogens is 306 g/mol. The fourth-order valence-electron chi connectivity index (χ4n) is 1.25. The zero-order valence-corrected chi connectivity index (χ0v) is 12.2. The highest BCUT2D eigenvalue weighted by atomic mass is 35.5. The van der Waals surface area contributed by atoms with Gasteiger partial charge in [0.15, 0.2) is 6.10 Å². The SMILES string of the molecule is COC(CNS(=O)(=O)/C=C/c1ccc(Cl)cc1)C(=O)O. The summed E-state index contributed by atoms with van der Waals surface area (Å²) in [5, 5.41) is 10.2. The van der Waals surface area contributed by atoms with Crippen molar-refractivity contribution >= 4 is 33.7 Å². The second-order valence-corrected chi connectivity index (χ2v) is 5.90. The Kier molecular flexibility index (Phi) is 6.15. The van der Waals surface area contributed by atoms with Crippen LogP contribution in [-0.4, -0.2) is 39.3 Å². The van der Waals surface area contributed by atoms with Gasteiger partial charge in [-0.25, -0.2) is 17.9 Å². The molecule has 6 nitrogen and oxygen atoms in total. The largest absolute Gasteiger partial charge is 0.479 e. The number of carboxylic acids is 1. The van der Waals surface area contributed by atoms with Gasteiger partial charge in [0.25, 0.3) is 0 Å². The predicted octanol–water partition coefficient (Wildman–Crippen LogP) is 1.33. The smallest absolute Gasteiger partial charge is 0.334 e. The molecule has 1 unspecified atom stereocenters. The van der Waals surface area contributed by atoms with Gasteiger partial charge >= 0.3 is 5.97 Å². The molecule has 20 heavy (non-hydrogen) atoms. The second-order valence-electron chi connectivity index (χ2n) is 3.81. The number of methoxy groups -OCH3 is 1. The minimum atomic E-state index is -3.74. The van der Waals surface area contributed by atoms with Gasteiger partial charge in [-0.2, -0.15) is 0 Å². The Bertz CT molecular complexity index is 582. The Balaban J connectivity index is 2.65. The Morgan fingerprint density at radius 3 is 2.55 bits per heavy atom. The minimum Gasteiger partial charge on any atom is -0.479 e. The third-order valence-corrected chi connectivity index (χ3v) is 3.65. The van der Waals surface area contributed by atoms with Gasteiger partial charge in [0, 0.05) is 24.1 Å². The van der Waals surface area contributed by atoms with E-state index in [1.165, 1.54) is 13.2 Å². The monoisotopic (exact) mass is 319 g/mol. The van der Waals surface area contributed by atoms with E-state index in [1.807, 2.05) is 0 Å². The van der Waals surface area contributed by atoms with Crippen LogP contribution in [0, 0.1) is 0 Å². The minimum absolute atomic E-state index is 0.348. The van der Waals surface area contributed by atoms with Crippen LogP contribution in [0.3, 0.4) is 0 Å². The normalized spacial score (nSPS) is 13.5. The van der Waals surface area contributed by atoms with Crippen molar-refractivity contribution < 1.29 is 23.1 Å². The van der Waals surface area contributed by atoms with Crippen LogP contribution in [0.5, 0.6) is 0 Å². The lowest BCUT2D eigenvalue weighted by Gasteiger charge is -2.10. The lowest BCUT2D eigenvalue weighted by molar-refractivity contribution is -0.147. The summed E-state index contributed by atoms with van der Waals surface area (Å²) in [5.74, 6) is -1.24. The lowest BCUT2D eigenvalue weighted by atomic mass is 10.2. The topological polar surface area (TPSA) is 92.7 Å². The van der Waals surface area contributed by atoms with Gasteiger partial charge in [0.1, 0.15) is 0 Å². The third-order valence-electron chi connectivity index (χ3n) is 2.34. The first-order chi connectivity index (χ1) is 9.34. The number of nitrogens with one attached hydrogen (secondary N) is 1. The number of ether oxygens (including phenoxy) is 1. The van der Waals surface area contributed by atoms with Crippen molar-refractivity contribution in [2.75, 3.05) is 13.7 Å². The highest BCUT2D eigenvalue weighted by Gasteiger charge is 2.18. The molecule has 0 saturated heterocycles. The van der Waals surface area contributed by atoms with Crippen molar-refractivity contribution in [2.24, 2.45) is 0 Å². The van der Waals surface area contributed by atoms with Crippen molar-refractivity contribution in [3.05, 3.63) is 40.3 Å².